The molecule has 2 heterocycles. The molecule has 2 aromatic heterocycles. The van der Waals surface area contributed by atoms with Crippen LogP contribution in [0, 0.1) is 0 Å². The number of rotatable bonds is 0. The number of nitrogens with one attached hydrogen (secondary N) is 1. The van der Waals surface area contributed by atoms with Crippen LogP contribution in [0.4, 0.5) is 0 Å². The van der Waals surface area contributed by atoms with E-state index in [4.69, 9.17) is 8.83 Å². The van der Waals surface area contributed by atoms with Gasteiger partial charge >= 0.3 is 0 Å². The monoisotopic (exact) mass is 256 g/mol. The van der Waals surface area contributed by atoms with Gasteiger partial charge in [0.25, 0.3) is 0 Å². The largest absolute Gasteiger partial charge is 0.469 e. The first-order chi connectivity index (χ1) is 9.47. The van der Waals surface area contributed by atoms with Crippen molar-refractivity contribution >= 4 is 11.0 Å². The lowest BCUT2D eigenvalue weighted by Crippen LogP contribution is -1.71. The molecule has 0 amide bonds. The van der Waals surface area contributed by atoms with Crippen molar-refractivity contribution in [3.05, 3.63) is 68.0 Å². The van der Waals surface area contributed by atoms with Crippen molar-refractivity contribution in [2.24, 2.45) is 0 Å². The third-order valence-corrected chi connectivity index (χ3v) is 1.99. The molecule has 0 aromatic carbocycles. The molecule has 6 nitrogen and oxygen atoms in total. The smallest absolute Gasteiger partial charge is 0.156 e. The third-order valence-electron chi connectivity index (χ3n) is 1.99. The van der Waals surface area contributed by atoms with Crippen molar-refractivity contribution in [2.45, 2.75) is 0 Å². The van der Waals surface area contributed by atoms with Gasteiger partial charge in [-0.1, -0.05) is 12.1 Å². The fraction of sp³-hybridized carbons (Fsp3) is 0. The Morgan fingerprint density at radius 1 is 0.947 bits per heavy atom. The molecule has 0 saturated heterocycles. The quantitative estimate of drug-likeness (QED) is 0.783. The summed E-state index contributed by atoms with van der Waals surface area (Å²) < 4.78 is 10.00. The molecule has 0 saturated carbocycles. The molecule has 0 unspecified atom stereocenters. The van der Waals surface area contributed by atoms with Crippen molar-refractivity contribution in [3.8, 4) is 0 Å². The van der Waals surface area contributed by atoms with Crippen LogP contribution in [0.25, 0.3) is 11.0 Å². The lowest BCUT2D eigenvalue weighted by Gasteiger charge is -1.77. The van der Waals surface area contributed by atoms with Crippen molar-refractivity contribution < 1.29 is 8.83 Å². The van der Waals surface area contributed by atoms with Gasteiger partial charge in [-0.25, -0.2) is 9.97 Å². The molecule has 0 spiro atoms. The van der Waals surface area contributed by atoms with Crippen LogP contribution in [-0.2, 0) is 0 Å². The normalized spacial score (nSPS) is 9.05. The van der Waals surface area contributed by atoms with Gasteiger partial charge in [-0.15, -0.1) is 0 Å². The summed E-state index contributed by atoms with van der Waals surface area (Å²) in [6.07, 6.45) is 10.3. The standard InChI is InChI=1S/C13H12N4O2/c1-2-4-12-10-16-17-13(12)15-11-14-5-7-19-9-8-18-6-3-1/h1-11H,(H,14,15,17). The summed E-state index contributed by atoms with van der Waals surface area (Å²) in [5, 5.41) is 7.56. The number of aromatic amines is 1. The maximum Gasteiger partial charge on any atom is 0.156 e. The van der Waals surface area contributed by atoms with Gasteiger partial charge in [-0.2, -0.15) is 5.10 Å². The number of nitrogens with zero attached hydrogens (tertiary/aromatic N) is 3. The molecule has 19 heavy (non-hydrogen) atoms. The van der Waals surface area contributed by atoms with Crippen LogP contribution < -0.4 is 0 Å². The van der Waals surface area contributed by atoms with Crippen molar-refractivity contribution in [1.29, 1.82) is 0 Å². The highest BCUT2D eigenvalue weighted by molar-refractivity contribution is 5.71. The van der Waals surface area contributed by atoms with Crippen molar-refractivity contribution in [3.63, 3.8) is 0 Å². The Balaban J connectivity index is 2.52. The molecule has 0 radical (unpaired) electrons. The highest BCUT2D eigenvalue weighted by Crippen LogP contribution is 2.00. The molecule has 0 aliphatic heterocycles. The summed E-state index contributed by atoms with van der Waals surface area (Å²) >= 11 is 0. The summed E-state index contributed by atoms with van der Waals surface area (Å²) in [5.74, 6) is 0. The number of H-pyrrole nitrogens is 1. The number of hydrogen-bond donors (Lipinski definition) is 1. The minimum absolute atomic E-state index is 0.634. The van der Waals surface area contributed by atoms with E-state index in [0.717, 1.165) is 5.39 Å². The predicted molar refractivity (Wildman–Crippen MR) is 69.1 cm³/mol. The Hall–Kier alpha value is -2.89. The molecule has 1 N–H and O–H groups in total. The average molecular weight is 256 g/mol. The van der Waals surface area contributed by atoms with E-state index in [-0.39, 0.29) is 0 Å². The van der Waals surface area contributed by atoms with E-state index < -0.39 is 0 Å². The fourth-order valence-corrected chi connectivity index (χ4v) is 1.18. The van der Waals surface area contributed by atoms with Crippen LogP contribution in [0.5, 0.6) is 0 Å². The lowest BCUT2D eigenvalue weighted by molar-refractivity contribution is 0.496. The van der Waals surface area contributed by atoms with Crippen LogP contribution >= 0.6 is 0 Å². The molecule has 0 atom stereocenters. The van der Waals surface area contributed by atoms with Crippen LogP contribution in [-0.4, -0.2) is 20.2 Å². The van der Waals surface area contributed by atoms with Gasteiger partial charge in [0.05, 0.1) is 18.7 Å². The first-order valence-electron chi connectivity index (χ1n) is 5.50. The van der Waals surface area contributed by atoms with Crippen LogP contribution in [0.2, 0.25) is 0 Å². The molecule has 2 rings (SSSR count). The second kappa shape index (κ2) is 7.44. The van der Waals surface area contributed by atoms with Gasteiger partial charge in [0.1, 0.15) is 25.1 Å². The van der Waals surface area contributed by atoms with Crippen LogP contribution in [0.1, 0.15) is 0 Å². The van der Waals surface area contributed by atoms with E-state index in [9.17, 15) is 0 Å². The summed E-state index contributed by atoms with van der Waals surface area (Å²) in [5.41, 5.74) is 0.634. The van der Waals surface area contributed by atoms with Crippen molar-refractivity contribution in [2.75, 3.05) is 0 Å². The zero-order valence-electron chi connectivity index (χ0n) is 10.0. The fourth-order valence-electron chi connectivity index (χ4n) is 1.18. The minimum Gasteiger partial charge on any atom is -0.469 e. The Morgan fingerprint density at radius 3 is 2.79 bits per heavy atom. The molecular formula is C13H12N4O2. The second-order valence-electron chi connectivity index (χ2n) is 3.28. The number of fused-ring (bicyclic) bond motifs is 1. The maximum atomic E-state index is 5.03. The van der Waals surface area contributed by atoms with E-state index >= 15 is 0 Å². The molecule has 6 heteroatoms. The molecule has 0 aliphatic rings. The first kappa shape index (κ1) is 12.6. The third kappa shape index (κ3) is 4.47. The second-order valence-corrected chi connectivity index (χ2v) is 3.28. The van der Waals surface area contributed by atoms with Crippen molar-refractivity contribution in [1.82, 2.24) is 20.2 Å². The van der Waals surface area contributed by atoms with Gasteiger partial charge in [-0.3, -0.25) is 5.10 Å². The first-order valence-corrected chi connectivity index (χ1v) is 5.50. The summed E-state index contributed by atoms with van der Waals surface area (Å²) in [6.45, 7) is 0. The van der Waals surface area contributed by atoms with Gasteiger partial charge in [0.15, 0.2) is 5.65 Å². The Labute approximate surface area is 109 Å². The minimum atomic E-state index is 0.634. The SMILES string of the molecule is c1ccoccoccncnc2[nH]ncc2cc1. The Morgan fingerprint density at radius 2 is 1.84 bits per heavy atom. The zero-order valence-corrected chi connectivity index (χ0v) is 10.0. The van der Waals surface area contributed by atoms with E-state index in [1.165, 1.54) is 37.6 Å². The highest BCUT2D eigenvalue weighted by Gasteiger charge is 1.87. The van der Waals surface area contributed by atoms with Crippen LogP contribution in [0.15, 0.2) is 76.9 Å². The van der Waals surface area contributed by atoms with Gasteiger partial charge in [0, 0.05) is 5.39 Å². The van der Waals surface area contributed by atoms with Gasteiger partial charge in [-0.05, 0) is 12.1 Å². The molecule has 96 valence electrons. The maximum absolute atomic E-state index is 5.03. The van der Waals surface area contributed by atoms with E-state index in [1.807, 2.05) is 18.2 Å². The Kier molecular flexibility index (Phi) is 4.92. The van der Waals surface area contributed by atoms with E-state index in [2.05, 4.69) is 20.2 Å². The average Bonchev–Trinajstić information content (AvgIpc) is 2.85. The van der Waals surface area contributed by atoms with Gasteiger partial charge in [0.2, 0.25) is 0 Å². The molecular weight excluding hydrogens is 244 g/mol. The summed E-state index contributed by atoms with van der Waals surface area (Å²) in [4.78, 5) is 8.05. The van der Waals surface area contributed by atoms with Crippen LogP contribution in [0.3, 0.4) is 0 Å². The molecule has 2 aromatic rings. The molecule has 0 fully saturated rings. The zero-order chi connectivity index (χ0) is 13.2. The predicted octanol–water partition coefficient (Wildman–Crippen LogP) is 2.91. The summed E-state index contributed by atoms with van der Waals surface area (Å²) in [7, 11) is 0. The molecule has 0 aliphatic carbocycles. The number of hydrogen-bond acceptors (Lipinski definition) is 5. The number of aromatic nitrogens is 4. The van der Waals surface area contributed by atoms with E-state index in [0.29, 0.717) is 5.65 Å². The molecule has 0 bridgehead atoms. The van der Waals surface area contributed by atoms with Gasteiger partial charge < -0.3 is 8.83 Å². The Bertz CT molecular complexity index is 614. The lowest BCUT2D eigenvalue weighted by atomic mass is 10.4. The highest BCUT2D eigenvalue weighted by atomic mass is 16.4. The summed E-state index contributed by atoms with van der Waals surface area (Å²) in [6, 6.07) is 7.31. The topological polar surface area (TPSA) is 80.7 Å². The van der Waals surface area contributed by atoms with E-state index in [1.54, 1.807) is 12.3 Å².